The summed E-state index contributed by atoms with van der Waals surface area (Å²) in [5.74, 6) is -0.810. The van der Waals surface area contributed by atoms with Gasteiger partial charge in [0.2, 0.25) is 0 Å². The molecule has 3 nitrogen and oxygen atoms in total. The molecule has 1 aromatic rings. The van der Waals surface area contributed by atoms with Crippen molar-refractivity contribution in [1.29, 1.82) is 0 Å². The van der Waals surface area contributed by atoms with Gasteiger partial charge >= 0.3 is 5.97 Å². The highest BCUT2D eigenvalue weighted by atomic mass is 35.5. The van der Waals surface area contributed by atoms with Crippen LogP contribution in [0.1, 0.15) is 30.9 Å². The Bertz CT molecular complexity index is 393. The Morgan fingerprint density at radius 2 is 2.24 bits per heavy atom. The van der Waals surface area contributed by atoms with Gasteiger partial charge in [0.05, 0.1) is 0 Å². The molecule has 4 heteroatoms. The van der Waals surface area contributed by atoms with Crippen LogP contribution in [0.2, 0.25) is 5.02 Å². The fourth-order valence-electron chi connectivity index (χ4n) is 1.63. The Hall–Kier alpha value is -1.06. The van der Waals surface area contributed by atoms with Crippen molar-refractivity contribution < 1.29 is 9.90 Å². The number of carbonyl (C=O) groups is 1. The molecule has 0 spiro atoms. The minimum absolute atomic E-state index is 0.482. The number of halogens is 1. The molecular formula is C13H18ClNO2. The van der Waals surface area contributed by atoms with Crippen LogP contribution in [-0.2, 0) is 11.3 Å². The van der Waals surface area contributed by atoms with Crippen LogP contribution in [0.25, 0.3) is 0 Å². The fourth-order valence-corrected chi connectivity index (χ4v) is 1.93. The smallest absolute Gasteiger partial charge is 0.320 e. The van der Waals surface area contributed by atoms with Gasteiger partial charge in [0.1, 0.15) is 6.04 Å². The van der Waals surface area contributed by atoms with E-state index in [-0.39, 0.29) is 0 Å². The first-order chi connectivity index (χ1) is 8.04. The normalized spacial score (nSPS) is 12.4. The van der Waals surface area contributed by atoms with Gasteiger partial charge in [-0.3, -0.25) is 4.79 Å². The van der Waals surface area contributed by atoms with Crippen molar-refractivity contribution in [2.45, 2.75) is 39.3 Å². The van der Waals surface area contributed by atoms with E-state index in [4.69, 9.17) is 16.7 Å². The van der Waals surface area contributed by atoms with Crippen LogP contribution in [-0.4, -0.2) is 17.1 Å². The average Bonchev–Trinajstić information content (AvgIpc) is 2.25. The van der Waals surface area contributed by atoms with Gasteiger partial charge in [-0.15, -0.1) is 0 Å². The molecule has 0 aliphatic heterocycles. The topological polar surface area (TPSA) is 49.3 Å². The summed E-state index contributed by atoms with van der Waals surface area (Å²) in [6, 6.07) is 5.28. The van der Waals surface area contributed by atoms with Gasteiger partial charge in [0.25, 0.3) is 0 Å². The van der Waals surface area contributed by atoms with Crippen LogP contribution in [0, 0.1) is 6.92 Å². The monoisotopic (exact) mass is 255 g/mol. The van der Waals surface area contributed by atoms with Crippen molar-refractivity contribution >= 4 is 17.6 Å². The van der Waals surface area contributed by atoms with Crippen molar-refractivity contribution in [3.63, 3.8) is 0 Å². The Morgan fingerprint density at radius 3 is 2.76 bits per heavy atom. The number of carboxylic acid groups (broad SMARTS) is 1. The van der Waals surface area contributed by atoms with Gasteiger partial charge in [-0.1, -0.05) is 37.1 Å². The highest BCUT2D eigenvalue weighted by Crippen LogP contribution is 2.17. The predicted octanol–water partition coefficient (Wildman–Crippen LogP) is 2.99. The van der Waals surface area contributed by atoms with Gasteiger partial charge in [-0.25, -0.2) is 0 Å². The second-order valence-corrected chi connectivity index (χ2v) is 4.56. The van der Waals surface area contributed by atoms with Gasteiger partial charge in [-0.05, 0) is 30.5 Å². The minimum atomic E-state index is -0.810. The van der Waals surface area contributed by atoms with E-state index in [0.29, 0.717) is 18.0 Å². The van der Waals surface area contributed by atoms with Crippen LogP contribution in [0.5, 0.6) is 0 Å². The van der Waals surface area contributed by atoms with Gasteiger partial charge in [0.15, 0.2) is 0 Å². The first-order valence-electron chi connectivity index (χ1n) is 5.75. The minimum Gasteiger partial charge on any atom is -0.480 e. The number of hydrogen-bond acceptors (Lipinski definition) is 2. The zero-order valence-corrected chi connectivity index (χ0v) is 10.9. The molecule has 1 rings (SSSR count). The summed E-state index contributed by atoms with van der Waals surface area (Å²) in [6.07, 6.45) is 1.46. The Labute approximate surface area is 107 Å². The van der Waals surface area contributed by atoms with Crippen molar-refractivity contribution in [1.82, 2.24) is 5.32 Å². The number of benzene rings is 1. The molecule has 0 fully saturated rings. The highest BCUT2D eigenvalue weighted by molar-refractivity contribution is 6.31. The average molecular weight is 256 g/mol. The molecule has 0 radical (unpaired) electrons. The number of aliphatic carboxylic acids is 1. The summed E-state index contributed by atoms with van der Waals surface area (Å²) in [4.78, 5) is 11.0. The van der Waals surface area contributed by atoms with Crippen molar-refractivity contribution in [2.75, 3.05) is 0 Å². The van der Waals surface area contributed by atoms with E-state index in [0.717, 1.165) is 17.5 Å². The third-order valence-corrected chi connectivity index (χ3v) is 2.97. The van der Waals surface area contributed by atoms with E-state index in [9.17, 15) is 4.79 Å². The van der Waals surface area contributed by atoms with Crippen molar-refractivity contribution in [3.8, 4) is 0 Å². The van der Waals surface area contributed by atoms with E-state index >= 15 is 0 Å². The van der Waals surface area contributed by atoms with E-state index < -0.39 is 12.0 Å². The first-order valence-corrected chi connectivity index (χ1v) is 6.13. The molecule has 0 aromatic heterocycles. The summed E-state index contributed by atoms with van der Waals surface area (Å²) in [5, 5.41) is 12.7. The molecule has 17 heavy (non-hydrogen) atoms. The summed E-state index contributed by atoms with van der Waals surface area (Å²) in [7, 11) is 0. The molecule has 0 heterocycles. The number of carboxylic acids is 1. The molecule has 2 N–H and O–H groups in total. The molecule has 94 valence electrons. The van der Waals surface area contributed by atoms with E-state index in [1.807, 2.05) is 32.0 Å². The molecule has 1 aromatic carbocycles. The van der Waals surface area contributed by atoms with E-state index in [1.54, 1.807) is 0 Å². The molecule has 0 saturated carbocycles. The molecule has 0 saturated heterocycles. The van der Waals surface area contributed by atoms with Crippen molar-refractivity contribution in [2.24, 2.45) is 0 Å². The number of nitrogens with one attached hydrogen (secondary N) is 1. The fraction of sp³-hybridized carbons (Fsp3) is 0.462. The van der Waals surface area contributed by atoms with Crippen LogP contribution in [0.15, 0.2) is 18.2 Å². The van der Waals surface area contributed by atoms with Crippen LogP contribution < -0.4 is 5.32 Å². The number of rotatable bonds is 6. The molecular weight excluding hydrogens is 238 g/mol. The number of aryl methyl sites for hydroxylation is 1. The molecule has 0 aliphatic carbocycles. The maximum absolute atomic E-state index is 11.0. The zero-order chi connectivity index (χ0) is 12.8. The van der Waals surface area contributed by atoms with Gasteiger partial charge in [0, 0.05) is 11.6 Å². The van der Waals surface area contributed by atoms with Crippen LogP contribution in [0.4, 0.5) is 0 Å². The summed E-state index contributed by atoms with van der Waals surface area (Å²) in [5.41, 5.74) is 2.03. The lowest BCUT2D eigenvalue weighted by molar-refractivity contribution is -0.139. The second-order valence-electron chi connectivity index (χ2n) is 4.16. The van der Waals surface area contributed by atoms with Gasteiger partial charge in [-0.2, -0.15) is 0 Å². The molecule has 1 unspecified atom stereocenters. The lowest BCUT2D eigenvalue weighted by Gasteiger charge is -2.14. The SMILES string of the molecule is CCCC(NCc1ccc(C)cc1Cl)C(=O)O. The first kappa shape index (κ1) is 14.0. The van der Waals surface area contributed by atoms with Crippen LogP contribution >= 0.6 is 11.6 Å². The molecule has 1 atom stereocenters. The molecule has 0 amide bonds. The summed E-state index contributed by atoms with van der Waals surface area (Å²) in [6.45, 7) is 4.42. The Morgan fingerprint density at radius 1 is 1.53 bits per heavy atom. The zero-order valence-electron chi connectivity index (χ0n) is 10.2. The molecule has 0 bridgehead atoms. The van der Waals surface area contributed by atoms with Gasteiger partial charge < -0.3 is 10.4 Å². The quantitative estimate of drug-likeness (QED) is 0.822. The summed E-state index contributed by atoms with van der Waals surface area (Å²) >= 11 is 6.08. The third-order valence-electron chi connectivity index (χ3n) is 2.62. The van der Waals surface area contributed by atoms with Crippen LogP contribution in [0.3, 0.4) is 0 Å². The van der Waals surface area contributed by atoms with E-state index in [2.05, 4.69) is 5.32 Å². The standard InChI is InChI=1S/C13H18ClNO2/c1-3-4-12(13(16)17)15-8-10-6-5-9(2)7-11(10)14/h5-7,12,15H,3-4,8H2,1-2H3,(H,16,17). The van der Waals surface area contributed by atoms with E-state index in [1.165, 1.54) is 0 Å². The lowest BCUT2D eigenvalue weighted by atomic mass is 10.1. The molecule has 0 aliphatic rings. The highest BCUT2D eigenvalue weighted by Gasteiger charge is 2.15. The lowest BCUT2D eigenvalue weighted by Crippen LogP contribution is -2.36. The Balaban J connectivity index is 2.62. The third kappa shape index (κ3) is 4.36. The summed E-state index contributed by atoms with van der Waals surface area (Å²) < 4.78 is 0. The Kier molecular flexibility index (Phi) is 5.45. The van der Waals surface area contributed by atoms with Crippen molar-refractivity contribution in [3.05, 3.63) is 34.3 Å². The largest absolute Gasteiger partial charge is 0.480 e. The number of hydrogen-bond donors (Lipinski definition) is 2. The second kappa shape index (κ2) is 6.62. The predicted molar refractivity (Wildman–Crippen MR) is 69.4 cm³/mol. The maximum Gasteiger partial charge on any atom is 0.320 e. The maximum atomic E-state index is 11.0.